The summed E-state index contributed by atoms with van der Waals surface area (Å²) in [6, 6.07) is 4.21. The molecule has 16 nitrogen and oxygen atoms in total. The quantitative estimate of drug-likeness (QED) is 0.216. The number of hydrogen-bond donors (Lipinski definition) is 2. The van der Waals surface area contributed by atoms with Gasteiger partial charge in [-0.2, -0.15) is 36.7 Å². The number of hydrogen-bond acceptors (Lipinski definition) is 11. The average molecular weight is 892 g/mol. The third kappa shape index (κ3) is 8.77. The topological polar surface area (TPSA) is 172 Å². The number of nitrogens with one attached hydrogen (secondary N) is 2. The minimum Gasteiger partial charge on any atom is -0.377 e. The van der Waals surface area contributed by atoms with E-state index in [1.165, 1.54) is 15.7 Å². The van der Waals surface area contributed by atoms with Crippen molar-refractivity contribution in [3.8, 4) is 6.07 Å². The summed E-state index contributed by atoms with van der Waals surface area (Å²) in [5, 5.41) is 19.1. The number of rotatable bonds is 10. The van der Waals surface area contributed by atoms with E-state index < -0.39 is 65.5 Å². The zero-order valence-electron chi connectivity index (χ0n) is 33.8. The number of carbonyl (C=O) groups is 4. The molecule has 4 aliphatic rings. The fraction of sp³-hybridized carbons (Fsp3) is 0.538. The van der Waals surface area contributed by atoms with Gasteiger partial charge in [-0.1, -0.05) is 6.07 Å². The van der Waals surface area contributed by atoms with Gasteiger partial charge >= 0.3 is 18.4 Å². The summed E-state index contributed by atoms with van der Waals surface area (Å²) in [6.07, 6.45) is -6.51. The Morgan fingerprint density at radius 3 is 2.47 bits per heavy atom. The predicted octanol–water partition coefficient (Wildman–Crippen LogP) is 4.53. The van der Waals surface area contributed by atoms with Gasteiger partial charge in [0, 0.05) is 57.6 Å². The summed E-state index contributed by atoms with van der Waals surface area (Å²) >= 11 is 5.66. The van der Waals surface area contributed by atoms with Crippen molar-refractivity contribution in [2.24, 2.45) is 7.05 Å². The zero-order chi connectivity index (χ0) is 44.9. The van der Waals surface area contributed by atoms with E-state index in [9.17, 15) is 45.5 Å². The molecule has 1 aliphatic carbocycles. The molecule has 2 aromatic heterocycles. The molecule has 4 fully saturated rings. The fourth-order valence-electron chi connectivity index (χ4n) is 8.69. The molecule has 0 spiro atoms. The molecule has 1 aromatic carbocycles. The normalized spacial score (nSPS) is 23.0. The number of anilines is 3. The molecule has 7 rings (SSSR count). The molecule has 3 aliphatic heterocycles. The Labute approximate surface area is 356 Å². The van der Waals surface area contributed by atoms with Crippen molar-refractivity contribution in [2.75, 3.05) is 61.0 Å². The van der Waals surface area contributed by atoms with Crippen molar-refractivity contribution in [1.29, 1.82) is 5.26 Å². The standard InChI is InChI=1S/C39H43F6N11O5S/c1-37(2)34(59)55(23-17-26(38(40,41)42)28(18-46)47-19-23)36(62)56(37)22-7-9-24(10-8-22)61-16-15-52-13-14-53(29(20-52)39(43,44)45)21-31(58)48-27-6-4-5-25-32(27)51(3)50-33(25)54-12-11-30(57)49-35(54)60/h4-6,17,19,22,24,29H,7-16,20-21H2,1-3H3,(H,48,58)(H,49,57,60)/t22?,24?,29-/m1/s1. The first-order valence-corrected chi connectivity index (χ1v) is 20.3. The van der Waals surface area contributed by atoms with Crippen LogP contribution >= 0.6 is 12.2 Å². The van der Waals surface area contributed by atoms with Crippen molar-refractivity contribution in [3.63, 3.8) is 0 Å². The highest BCUT2D eigenvalue weighted by atomic mass is 32.1. The first-order chi connectivity index (χ1) is 29.2. The van der Waals surface area contributed by atoms with Crippen LogP contribution in [0.25, 0.3) is 10.9 Å². The maximum Gasteiger partial charge on any atom is 0.419 e. The highest BCUT2D eigenvalue weighted by Crippen LogP contribution is 2.40. The summed E-state index contributed by atoms with van der Waals surface area (Å²) in [6.45, 7) is 3.05. The Kier molecular flexibility index (Phi) is 12.3. The van der Waals surface area contributed by atoms with Crippen molar-refractivity contribution in [1.82, 2.24) is 34.8 Å². The second-order valence-corrected chi connectivity index (χ2v) is 16.5. The van der Waals surface area contributed by atoms with Crippen LogP contribution in [-0.4, -0.2) is 134 Å². The van der Waals surface area contributed by atoms with Crippen LogP contribution in [-0.2, 0) is 32.3 Å². The summed E-state index contributed by atoms with van der Waals surface area (Å²) < 4.78 is 92.0. The molecule has 3 aromatic rings. The number of benzene rings is 1. The van der Waals surface area contributed by atoms with Gasteiger partial charge in [0.2, 0.25) is 11.8 Å². The van der Waals surface area contributed by atoms with Crippen molar-refractivity contribution in [3.05, 3.63) is 41.7 Å². The SMILES string of the molecule is Cn1nc(N2CCC(=O)NC2=O)c2cccc(NC(=O)CN3CCN(CCOC4CCC(N5C(=S)N(c6cnc(C#N)c(C(F)(F)F)c6)C(=O)C5(C)C)CC4)C[C@@H]3C(F)(F)F)c21. The first-order valence-electron chi connectivity index (χ1n) is 19.9. The number of fused-ring (bicyclic) bond motifs is 1. The van der Waals surface area contributed by atoms with Gasteiger partial charge in [0.1, 0.15) is 17.6 Å². The summed E-state index contributed by atoms with van der Waals surface area (Å²) in [5.74, 6) is -1.35. The van der Waals surface area contributed by atoms with E-state index in [0.29, 0.717) is 48.3 Å². The molecule has 62 heavy (non-hydrogen) atoms. The smallest absolute Gasteiger partial charge is 0.377 e. The molecule has 3 saturated heterocycles. The molecule has 1 saturated carbocycles. The number of ether oxygens (including phenoxy) is 1. The second kappa shape index (κ2) is 17.0. The van der Waals surface area contributed by atoms with Crippen LogP contribution in [0.4, 0.5) is 48.3 Å². The van der Waals surface area contributed by atoms with E-state index in [4.69, 9.17) is 22.2 Å². The van der Waals surface area contributed by atoms with Gasteiger partial charge < -0.3 is 15.0 Å². The number of alkyl halides is 6. The number of piperazine rings is 1. The lowest BCUT2D eigenvalue weighted by Gasteiger charge is -2.42. The lowest BCUT2D eigenvalue weighted by molar-refractivity contribution is -0.197. The number of imide groups is 1. The molecule has 2 N–H and O–H groups in total. The number of aromatic nitrogens is 3. The minimum absolute atomic E-state index is 0.0182. The highest BCUT2D eigenvalue weighted by molar-refractivity contribution is 7.80. The van der Waals surface area contributed by atoms with Gasteiger partial charge in [-0.05, 0) is 69.9 Å². The number of amides is 5. The first kappa shape index (κ1) is 44.6. The fourth-order valence-corrected chi connectivity index (χ4v) is 9.26. The summed E-state index contributed by atoms with van der Waals surface area (Å²) in [5.41, 5.74) is -2.76. The molecule has 0 unspecified atom stereocenters. The van der Waals surface area contributed by atoms with E-state index in [2.05, 4.69) is 20.7 Å². The maximum atomic E-state index is 14.4. The number of pyridine rings is 1. The number of nitrogens with zero attached hydrogens (tertiary/aromatic N) is 9. The van der Waals surface area contributed by atoms with Gasteiger partial charge in [-0.15, -0.1) is 0 Å². The number of urea groups is 1. The Morgan fingerprint density at radius 2 is 1.81 bits per heavy atom. The molecule has 5 heterocycles. The lowest BCUT2D eigenvalue weighted by Crippen LogP contribution is -2.60. The van der Waals surface area contributed by atoms with Crippen LogP contribution in [0.1, 0.15) is 57.2 Å². The number of thiocarbonyl (C=S) groups is 1. The Hall–Kier alpha value is -5.44. The van der Waals surface area contributed by atoms with E-state index in [0.717, 1.165) is 16.0 Å². The number of carbonyl (C=O) groups excluding carboxylic acids is 4. The van der Waals surface area contributed by atoms with Crippen molar-refractivity contribution in [2.45, 2.75) is 82.0 Å². The molecule has 0 radical (unpaired) electrons. The van der Waals surface area contributed by atoms with Crippen molar-refractivity contribution < 1.29 is 50.3 Å². The number of para-hydroxylation sites is 1. The van der Waals surface area contributed by atoms with Crippen LogP contribution in [0.3, 0.4) is 0 Å². The number of aryl methyl sites for hydroxylation is 1. The van der Waals surface area contributed by atoms with E-state index in [-0.39, 0.29) is 74.5 Å². The Bertz CT molecular complexity index is 2320. The van der Waals surface area contributed by atoms with Crippen LogP contribution < -0.4 is 20.4 Å². The third-order valence-corrected chi connectivity index (χ3v) is 12.1. The van der Waals surface area contributed by atoms with Crippen LogP contribution in [0.15, 0.2) is 30.5 Å². The number of nitriles is 1. The number of halogens is 6. The predicted molar refractivity (Wildman–Crippen MR) is 215 cm³/mol. The van der Waals surface area contributed by atoms with Crippen LogP contribution in [0, 0.1) is 11.3 Å². The average Bonchev–Trinajstić information content (AvgIpc) is 3.63. The van der Waals surface area contributed by atoms with Crippen LogP contribution in [0.2, 0.25) is 0 Å². The molecule has 332 valence electrons. The van der Waals surface area contributed by atoms with E-state index >= 15 is 0 Å². The van der Waals surface area contributed by atoms with Crippen LogP contribution in [0.5, 0.6) is 0 Å². The van der Waals surface area contributed by atoms with Gasteiger partial charge in [0.05, 0.1) is 47.9 Å². The van der Waals surface area contributed by atoms with E-state index in [1.54, 1.807) is 48.9 Å². The molecule has 23 heteroatoms. The molecule has 5 amide bonds. The molecule has 0 bridgehead atoms. The highest BCUT2D eigenvalue weighted by Gasteiger charge is 2.53. The summed E-state index contributed by atoms with van der Waals surface area (Å²) in [4.78, 5) is 61.5. The lowest BCUT2D eigenvalue weighted by atomic mass is 9.89. The van der Waals surface area contributed by atoms with Gasteiger partial charge in [0.25, 0.3) is 5.91 Å². The van der Waals surface area contributed by atoms with Gasteiger partial charge in [-0.3, -0.25) is 44.0 Å². The minimum atomic E-state index is -4.88. The monoisotopic (exact) mass is 891 g/mol. The van der Waals surface area contributed by atoms with Crippen molar-refractivity contribution >= 4 is 69.2 Å². The molecule has 1 atom stereocenters. The van der Waals surface area contributed by atoms with E-state index in [1.807, 2.05) is 0 Å². The maximum absolute atomic E-state index is 14.4. The van der Waals surface area contributed by atoms with Gasteiger partial charge in [0.15, 0.2) is 16.6 Å². The second-order valence-electron chi connectivity index (χ2n) is 16.1. The van der Waals surface area contributed by atoms with Gasteiger partial charge in [-0.25, -0.2) is 9.78 Å². The molecular formula is C39H43F6N11O5S. The largest absolute Gasteiger partial charge is 0.419 e. The summed E-state index contributed by atoms with van der Waals surface area (Å²) in [7, 11) is 1.60. The zero-order valence-corrected chi connectivity index (χ0v) is 34.7. The Morgan fingerprint density at radius 1 is 1.08 bits per heavy atom. The molecular weight excluding hydrogens is 849 g/mol. The third-order valence-electron chi connectivity index (χ3n) is 11.8. The Balaban J connectivity index is 0.910.